The minimum atomic E-state index is -4.41. The van der Waals surface area contributed by atoms with Gasteiger partial charge in [0.2, 0.25) is 0 Å². The standard InChI is InChI=1S/C24H17FN.C18H13FN.C18H14N.C13H9F3N.C13H13N2.C13H12N.C12H7F3N.C5H8O2.5Ir/c1-24(2)19-12-6-10-16-18(15-8-4-3-5-9-15)14-26-23(21(16)19)17-11-7-13-20(25)22(17)24;1-18(2)13-7-3-5-11-9-10-20-17(15(11)13)12-6-4-8-14(19)16(12)18;1-18(2)14-8-4-3-7-13(14)17-16-12(10-11-19-17)6-5-9-15(16)18;1-9-6-10(12-4-2-3-5-17-12)8-11(7-9)13(14,15)16;1-15(2)12-7-5-6-11(10-12)13-8-3-4-9-14-13;1-10-4-3-5-12(8-10)13-9-11(2)6-7-14-13;13-12(14,15)11-8-4-7-10(16-11)9-5-2-1-3-6-9;1-4(6)3-5(2)7;;;;;/h3-10,12-14H,1-2H3;3-5,7-10H,1-2H3;3-6,8-11H,1-2H3;2-7H,1H3;3-5,7-10H,1-2H3;3-4,6-9H,1-2H3;1-5,7-8H;3,6H,1-2H3;;;;;/q7*-1;;;;;;. The molecule has 0 amide bonds. The van der Waals surface area contributed by atoms with Crippen molar-refractivity contribution in [3.05, 3.63) is 443 Å². The molecule has 7 heterocycles. The van der Waals surface area contributed by atoms with Gasteiger partial charge in [0.25, 0.3) is 0 Å². The van der Waals surface area contributed by atoms with Crippen LogP contribution in [0.1, 0.15) is 117 Å². The normalized spacial score (nSPS) is 12.3. The van der Waals surface area contributed by atoms with Gasteiger partial charge < -0.3 is 39.9 Å². The number of aliphatic hydroxyl groups is 1. The van der Waals surface area contributed by atoms with E-state index in [4.69, 9.17) is 10.1 Å². The van der Waals surface area contributed by atoms with Crippen LogP contribution in [0.5, 0.6) is 0 Å². The van der Waals surface area contributed by atoms with Crippen molar-refractivity contribution < 1.29 is 146 Å². The number of aryl methyl sites for hydroxylation is 3. The number of carbonyl (C=O) groups excluding carboxylic acids is 1. The van der Waals surface area contributed by atoms with Gasteiger partial charge in [-0.1, -0.05) is 199 Å². The van der Waals surface area contributed by atoms with Gasteiger partial charge in [-0.25, -0.2) is 8.78 Å². The van der Waals surface area contributed by atoms with E-state index in [2.05, 4.69) is 230 Å². The van der Waals surface area contributed by atoms with Gasteiger partial charge in [0.1, 0.15) is 5.69 Å². The molecule has 0 bridgehead atoms. The third-order valence-corrected chi connectivity index (χ3v) is 23.1. The molecule has 21 rings (SSSR count). The number of pyridine rings is 7. The van der Waals surface area contributed by atoms with E-state index in [1.807, 2.05) is 118 Å². The Hall–Kier alpha value is -12.1. The molecule has 10 nitrogen and oxygen atoms in total. The van der Waals surface area contributed by atoms with Crippen LogP contribution in [0.25, 0.3) is 122 Å². The number of hydrogen-bond donors (Lipinski definition) is 1. The van der Waals surface area contributed by atoms with E-state index < -0.39 is 29.0 Å². The smallest absolute Gasteiger partial charge is 0.432 e. The van der Waals surface area contributed by atoms with Crippen LogP contribution in [0.15, 0.2) is 328 Å². The van der Waals surface area contributed by atoms with Crippen LogP contribution in [-0.4, -0.2) is 59.9 Å². The molecule has 0 fully saturated rings. The summed E-state index contributed by atoms with van der Waals surface area (Å²) in [5, 5.41) is 15.4. The van der Waals surface area contributed by atoms with Crippen LogP contribution in [0.3, 0.4) is 0 Å². The fourth-order valence-corrected chi connectivity index (χ4v) is 16.8. The predicted octanol–water partition coefficient (Wildman–Crippen LogP) is 29.2. The number of aromatic nitrogens is 7. The summed E-state index contributed by atoms with van der Waals surface area (Å²) < 4.78 is 104. The Labute approximate surface area is 873 Å². The SMILES string of the molecule is CC(=O)C=C(C)O.CC1(C)c2c([c-]ccc2F)-c2ncc(-c3ccccc3)c3cccc1c23.CC1(C)c2c([c-]ccc2F)-c2nccc3cccc1c23.CC1(C)c2ccc[c-]c2-c2nccc3cccc1c23.CN(C)c1cc[c-]c(-c2ccccn2)c1.Cc1cc(-c2ccccn2)[c-]c(C(F)(F)F)c1.Cc1cc[c-]c(-c2cc(C)ccn2)c1.FC(F)(F)c1cccc(-c2[c-]cccc2)n1.[Ir].[Ir].[Ir].[Ir].[Ir]. The van der Waals surface area contributed by atoms with Crippen LogP contribution in [0, 0.1) is 74.9 Å². The molecule has 1 N–H and O–H groups in total. The van der Waals surface area contributed by atoms with Crippen LogP contribution in [-0.2, 0) is 134 Å². The van der Waals surface area contributed by atoms with Crippen LogP contribution in [0.2, 0.25) is 0 Å². The Bertz CT molecular complexity index is 7260. The minimum Gasteiger partial charge on any atom is -0.512 e. The van der Waals surface area contributed by atoms with E-state index >= 15 is 0 Å². The van der Waals surface area contributed by atoms with Gasteiger partial charge in [-0.2, -0.15) is 26.3 Å². The number of aliphatic hydroxyl groups excluding tert-OH is 1. The molecule has 3 aliphatic carbocycles. The molecule has 139 heavy (non-hydrogen) atoms. The third kappa shape index (κ3) is 25.8. The maximum absolute atomic E-state index is 14.7. The second-order valence-corrected chi connectivity index (χ2v) is 34.1. The van der Waals surface area contributed by atoms with Crippen LogP contribution in [0.4, 0.5) is 40.8 Å². The molecule has 0 aliphatic heterocycles. The molecule has 0 saturated heterocycles. The van der Waals surface area contributed by atoms with E-state index in [-0.39, 0.29) is 140 Å². The number of halogens is 8. The van der Waals surface area contributed by atoms with Crippen molar-refractivity contribution in [2.24, 2.45) is 0 Å². The number of nitrogens with zero attached hydrogens (tertiary/aromatic N) is 8. The summed E-state index contributed by atoms with van der Waals surface area (Å²) in [7, 11) is 4.05. The maximum Gasteiger partial charge on any atom is 0.432 e. The van der Waals surface area contributed by atoms with Crippen LogP contribution < -0.4 is 4.90 Å². The Morgan fingerprint density at radius 1 is 0.388 bits per heavy atom. The fraction of sp³-hybridized carbons (Fsp3) is 0.155. The molecule has 18 aromatic rings. The van der Waals surface area contributed by atoms with Gasteiger partial charge in [-0.05, 0) is 179 Å². The molecular weight excluding hydrogens is 2650 g/mol. The number of alkyl halides is 6. The zero-order chi connectivity index (χ0) is 95.4. The third-order valence-electron chi connectivity index (χ3n) is 23.1. The number of fused-ring (bicyclic) bond motifs is 6. The topological polar surface area (TPSA) is 131 Å². The van der Waals surface area contributed by atoms with Crippen molar-refractivity contribution in [1.82, 2.24) is 34.9 Å². The number of hydrogen-bond acceptors (Lipinski definition) is 10. The molecule has 0 atom stereocenters. The summed E-state index contributed by atoms with van der Waals surface area (Å²) in [6.45, 7) is 21.5. The van der Waals surface area contributed by atoms with Crippen molar-refractivity contribution in [3.63, 3.8) is 0 Å². The van der Waals surface area contributed by atoms with Gasteiger partial charge in [0, 0.05) is 175 Å². The second kappa shape index (κ2) is 48.2. The first-order valence-corrected chi connectivity index (χ1v) is 43.2. The Balaban J connectivity index is 0.000000180. The molecule has 0 unspecified atom stereocenters. The maximum atomic E-state index is 14.7. The van der Waals surface area contributed by atoms with Gasteiger partial charge >= 0.3 is 12.4 Å². The summed E-state index contributed by atoms with van der Waals surface area (Å²) >= 11 is 0. The van der Waals surface area contributed by atoms with Crippen molar-refractivity contribution >= 4 is 43.8 Å². The van der Waals surface area contributed by atoms with E-state index in [0.717, 1.165) is 118 Å². The number of anilines is 1. The molecule has 7 aromatic heterocycles. The summed E-state index contributed by atoms with van der Waals surface area (Å²) in [6.07, 6.45) is 3.12. The number of allylic oxidation sites excluding steroid dienone is 2. The molecular formula is C116H93F8Ir5N8O2-7. The first-order chi connectivity index (χ1) is 64.1. The molecule has 5 radical (unpaired) electrons. The van der Waals surface area contributed by atoms with Crippen molar-refractivity contribution in [2.45, 2.75) is 105 Å². The number of ketones is 1. The number of carbonyl (C=O) groups is 1. The average Bonchev–Trinajstić information content (AvgIpc) is 0.711. The van der Waals surface area contributed by atoms with Crippen molar-refractivity contribution in [3.8, 4) is 89.9 Å². The van der Waals surface area contributed by atoms with E-state index in [0.29, 0.717) is 33.5 Å². The average molecular weight is 2740 g/mol. The molecule has 717 valence electrons. The first-order valence-electron chi connectivity index (χ1n) is 43.2. The molecule has 23 heteroatoms. The molecule has 3 aliphatic rings. The summed E-state index contributed by atoms with van der Waals surface area (Å²) in [5.41, 5.74) is 21.4. The number of rotatable bonds is 7. The fourth-order valence-electron chi connectivity index (χ4n) is 16.8. The van der Waals surface area contributed by atoms with Gasteiger partial charge in [-0.15, -0.1) is 213 Å². The zero-order valence-corrected chi connectivity index (χ0v) is 89.7. The van der Waals surface area contributed by atoms with E-state index in [1.54, 1.807) is 86.2 Å². The minimum absolute atomic E-state index is 0. The first kappa shape index (κ1) is 111. The van der Waals surface area contributed by atoms with E-state index in [9.17, 15) is 39.9 Å². The van der Waals surface area contributed by atoms with Gasteiger partial charge in [-0.3, -0.25) is 9.78 Å². The zero-order valence-electron chi connectivity index (χ0n) is 77.7. The molecule has 0 saturated carbocycles. The Morgan fingerprint density at radius 3 is 1.40 bits per heavy atom. The van der Waals surface area contributed by atoms with Crippen molar-refractivity contribution in [2.75, 3.05) is 19.0 Å². The predicted molar refractivity (Wildman–Crippen MR) is 519 cm³/mol. The molecule has 0 spiro atoms. The summed E-state index contributed by atoms with van der Waals surface area (Å²) in [6, 6.07) is 108. The second-order valence-electron chi connectivity index (χ2n) is 34.1. The van der Waals surface area contributed by atoms with Gasteiger partial charge in [0.05, 0.1) is 5.76 Å². The quantitative estimate of drug-likeness (QED) is 0.0712. The monoisotopic (exact) mass is 2750 g/mol. The van der Waals surface area contributed by atoms with Gasteiger partial charge in [0.15, 0.2) is 5.78 Å². The Kier molecular flexibility index (Phi) is 38.4. The van der Waals surface area contributed by atoms with Crippen LogP contribution >= 0.6 is 0 Å². The Morgan fingerprint density at radius 2 is 0.863 bits per heavy atom. The summed E-state index contributed by atoms with van der Waals surface area (Å²) in [4.78, 5) is 42.1. The van der Waals surface area contributed by atoms with E-state index in [1.165, 1.54) is 77.2 Å². The summed E-state index contributed by atoms with van der Waals surface area (Å²) in [5.74, 6) is -0.440. The largest absolute Gasteiger partial charge is 0.512 e. The van der Waals surface area contributed by atoms with Crippen molar-refractivity contribution in [1.29, 1.82) is 0 Å². The number of benzene rings is 11. The molecule has 11 aromatic carbocycles.